The first-order chi connectivity index (χ1) is 10.1. The van der Waals surface area contributed by atoms with Gasteiger partial charge in [0.25, 0.3) is 5.91 Å². The molecule has 0 aliphatic heterocycles. The number of furan rings is 1. The number of aromatic carboxylic acids is 1. The Kier molecular flexibility index (Phi) is 3.90. The number of anilines is 1. The van der Waals surface area contributed by atoms with Gasteiger partial charge in [-0.05, 0) is 12.1 Å². The highest BCUT2D eigenvalue weighted by molar-refractivity contribution is 6.05. The normalized spacial score (nSPS) is 9.71. The van der Waals surface area contributed by atoms with E-state index in [2.05, 4.69) is 5.32 Å². The van der Waals surface area contributed by atoms with Gasteiger partial charge in [0.15, 0.2) is 5.76 Å². The van der Waals surface area contributed by atoms with Gasteiger partial charge in [0.05, 0.1) is 18.2 Å². The Bertz CT molecular complexity index is 742. The van der Waals surface area contributed by atoms with E-state index in [4.69, 9.17) is 19.5 Å². The lowest BCUT2D eigenvalue weighted by atomic mass is 10.1. The lowest BCUT2D eigenvalue weighted by Crippen LogP contribution is -2.13. The monoisotopic (exact) mass is 286 g/mol. The molecule has 1 aromatic carbocycles. The molecule has 0 aliphatic carbocycles. The molecule has 2 rings (SSSR count). The second-order valence-electron chi connectivity index (χ2n) is 3.95. The van der Waals surface area contributed by atoms with Gasteiger partial charge in [-0.3, -0.25) is 4.79 Å². The molecule has 2 N–H and O–H groups in total. The molecule has 0 spiro atoms. The van der Waals surface area contributed by atoms with E-state index in [1.807, 2.05) is 6.07 Å². The fourth-order valence-electron chi connectivity index (χ4n) is 1.67. The maximum Gasteiger partial charge on any atom is 0.338 e. The summed E-state index contributed by atoms with van der Waals surface area (Å²) in [6.45, 7) is 0. The molecule has 1 heterocycles. The van der Waals surface area contributed by atoms with Crippen molar-refractivity contribution in [3.8, 4) is 11.8 Å². The molecule has 106 valence electrons. The summed E-state index contributed by atoms with van der Waals surface area (Å²) >= 11 is 0. The van der Waals surface area contributed by atoms with Gasteiger partial charge in [0, 0.05) is 6.07 Å². The zero-order valence-corrected chi connectivity index (χ0v) is 10.9. The minimum atomic E-state index is -1.20. The molecule has 0 aliphatic rings. The molecule has 0 atom stereocenters. The van der Waals surface area contributed by atoms with Crippen molar-refractivity contribution in [2.75, 3.05) is 12.4 Å². The number of amides is 1. The van der Waals surface area contributed by atoms with Crippen molar-refractivity contribution < 1.29 is 23.8 Å². The molecule has 0 saturated heterocycles. The van der Waals surface area contributed by atoms with Crippen LogP contribution in [-0.2, 0) is 0 Å². The Hall–Kier alpha value is -3.27. The van der Waals surface area contributed by atoms with Gasteiger partial charge in [0.2, 0.25) is 0 Å². The maximum absolute atomic E-state index is 12.0. The summed E-state index contributed by atoms with van der Waals surface area (Å²) in [5.74, 6) is -1.74. The summed E-state index contributed by atoms with van der Waals surface area (Å²) in [7, 11) is 1.40. The van der Waals surface area contributed by atoms with Crippen LogP contribution in [0.15, 0.2) is 34.9 Å². The van der Waals surface area contributed by atoms with Gasteiger partial charge in [-0.15, -0.1) is 0 Å². The predicted octanol–water partition coefficient (Wildman–Crippen LogP) is 2.11. The second-order valence-corrected chi connectivity index (χ2v) is 3.95. The van der Waals surface area contributed by atoms with Crippen LogP contribution >= 0.6 is 0 Å². The number of nitrogens with one attached hydrogen (secondary N) is 1. The van der Waals surface area contributed by atoms with Crippen molar-refractivity contribution >= 4 is 17.6 Å². The van der Waals surface area contributed by atoms with Gasteiger partial charge in [0.1, 0.15) is 23.8 Å². The average Bonchev–Trinajstić information content (AvgIpc) is 2.97. The predicted molar refractivity (Wildman–Crippen MR) is 71.3 cm³/mol. The number of para-hydroxylation sites is 1. The third-order valence-electron chi connectivity index (χ3n) is 2.68. The van der Waals surface area contributed by atoms with Crippen molar-refractivity contribution in [2.45, 2.75) is 0 Å². The van der Waals surface area contributed by atoms with Gasteiger partial charge in [-0.25, -0.2) is 4.79 Å². The lowest BCUT2D eigenvalue weighted by molar-refractivity contribution is 0.0696. The zero-order valence-electron chi connectivity index (χ0n) is 10.9. The molecule has 1 aromatic heterocycles. The Labute approximate surface area is 119 Å². The zero-order chi connectivity index (χ0) is 15.4. The van der Waals surface area contributed by atoms with Gasteiger partial charge in [-0.1, -0.05) is 6.07 Å². The molecular formula is C14H10N2O5. The largest absolute Gasteiger partial charge is 0.495 e. The summed E-state index contributed by atoms with van der Waals surface area (Å²) in [4.78, 5) is 22.8. The first-order valence-electron chi connectivity index (χ1n) is 5.77. The van der Waals surface area contributed by atoms with Crippen LogP contribution < -0.4 is 10.1 Å². The second kappa shape index (κ2) is 5.79. The molecule has 21 heavy (non-hydrogen) atoms. The van der Waals surface area contributed by atoms with Gasteiger partial charge >= 0.3 is 5.97 Å². The average molecular weight is 286 g/mol. The van der Waals surface area contributed by atoms with Crippen LogP contribution in [0.25, 0.3) is 0 Å². The first-order valence-corrected chi connectivity index (χ1v) is 5.77. The standard InChI is InChI=1S/C14H10N2O5/c1-20-10-4-2-3-8(6-15)12(10)16-13(17)11-5-9(7-21-11)14(18)19/h2-5,7H,1H3,(H,16,17)(H,18,19). The number of carbonyl (C=O) groups is 2. The highest BCUT2D eigenvalue weighted by Gasteiger charge is 2.18. The molecular weight excluding hydrogens is 276 g/mol. The number of rotatable bonds is 4. The molecule has 0 bridgehead atoms. The van der Waals surface area contributed by atoms with E-state index in [-0.39, 0.29) is 22.6 Å². The minimum absolute atomic E-state index is 0.138. The number of nitrogens with zero attached hydrogens (tertiary/aromatic N) is 1. The van der Waals surface area contributed by atoms with Crippen LogP contribution in [0.4, 0.5) is 5.69 Å². The summed E-state index contributed by atoms with van der Waals surface area (Å²) < 4.78 is 9.97. The molecule has 1 amide bonds. The Morgan fingerprint density at radius 1 is 1.43 bits per heavy atom. The number of carboxylic acid groups (broad SMARTS) is 1. The van der Waals surface area contributed by atoms with Crippen LogP contribution in [0.2, 0.25) is 0 Å². The SMILES string of the molecule is COc1cccc(C#N)c1NC(=O)c1cc(C(=O)O)co1. The van der Waals surface area contributed by atoms with Crippen molar-refractivity contribution in [2.24, 2.45) is 0 Å². The van der Waals surface area contributed by atoms with E-state index in [1.54, 1.807) is 12.1 Å². The number of hydrogen-bond donors (Lipinski definition) is 2. The van der Waals surface area contributed by atoms with E-state index in [0.29, 0.717) is 5.75 Å². The fourth-order valence-corrected chi connectivity index (χ4v) is 1.67. The third-order valence-corrected chi connectivity index (χ3v) is 2.68. The van der Waals surface area contributed by atoms with Crippen LogP contribution in [-0.4, -0.2) is 24.1 Å². The molecule has 7 nitrogen and oxygen atoms in total. The number of hydrogen-bond acceptors (Lipinski definition) is 5. The van der Waals surface area contributed by atoms with E-state index < -0.39 is 11.9 Å². The fraction of sp³-hybridized carbons (Fsp3) is 0.0714. The molecule has 2 aromatic rings. The Morgan fingerprint density at radius 3 is 2.76 bits per heavy atom. The van der Waals surface area contributed by atoms with Crippen molar-refractivity contribution in [3.05, 3.63) is 47.4 Å². The van der Waals surface area contributed by atoms with E-state index in [9.17, 15) is 9.59 Å². The van der Waals surface area contributed by atoms with Crippen LogP contribution in [0.3, 0.4) is 0 Å². The third kappa shape index (κ3) is 2.84. The number of carboxylic acids is 1. The smallest absolute Gasteiger partial charge is 0.338 e. The van der Waals surface area contributed by atoms with Crippen LogP contribution in [0, 0.1) is 11.3 Å². The van der Waals surface area contributed by atoms with E-state index in [1.165, 1.54) is 13.2 Å². The van der Waals surface area contributed by atoms with Crippen molar-refractivity contribution in [3.63, 3.8) is 0 Å². The molecule has 0 fully saturated rings. The summed E-state index contributed by atoms with van der Waals surface area (Å²) in [5.41, 5.74) is 0.272. The summed E-state index contributed by atoms with van der Waals surface area (Å²) in [6.07, 6.45) is 0.963. The molecule has 0 saturated carbocycles. The molecule has 7 heteroatoms. The molecule has 0 unspecified atom stereocenters. The van der Waals surface area contributed by atoms with E-state index >= 15 is 0 Å². The lowest BCUT2D eigenvalue weighted by Gasteiger charge is -2.10. The molecule has 0 radical (unpaired) electrons. The first kappa shape index (κ1) is 14.1. The highest BCUT2D eigenvalue weighted by Crippen LogP contribution is 2.28. The number of carbonyl (C=O) groups excluding carboxylic acids is 1. The Morgan fingerprint density at radius 2 is 2.19 bits per heavy atom. The number of benzene rings is 1. The van der Waals surface area contributed by atoms with Crippen molar-refractivity contribution in [1.82, 2.24) is 0 Å². The number of nitriles is 1. The maximum atomic E-state index is 12.0. The summed E-state index contributed by atoms with van der Waals surface area (Å²) in [5, 5.41) is 20.3. The van der Waals surface area contributed by atoms with Gasteiger partial charge < -0.3 is 19.6 Å². The van der Waals surface area contributed by atoms with Crippen LogP contribution in [0.5, 0.6) is 5.75 Å². The van der Waals surface area contributed by atoms with Crippen molar-refractivity contribution in [1.29, 1.82) is 5.26 Å². The van der Waals surface area contributed by atoms with Crippen LogP contribution in [0.1, 0.15) is 26.5 Å². The summed E-state index contributed by atoms with van der Waals surface area (Å²) in [6, 6.07) is 7.74. The topological polar surface area (TPSA) is 113 Å². The highest BCUT2D eigenvalue weighted by atomic mass is 16.5. The van der Waals surface area contributed by atoms with Gasteiger partial charge in [-0.2, -0.15) is 5.26 Å². The van der Waals surface area contributed by atoms with E-state index in [0.717, 1.165) is 12.3 Å². The minimum Gasteiger partial charge on any atom is -0.495 e. The quantitative estimate of drug-likeness (QED) is 0.890. The number of ether oxygens (including phenoxy) is 1. The number of methoxy groups -OCH3 is 1. The Balaban J connectivity index is 2.31.